The summed E-state index contributed by atoms with van der Waals surface area (Å²) in [5.74, 6) is 1.47. The van der Waals surface area contributed by atoms with Crippen LogP contribution in [0.25, 0.3) is 0 Å². The molecule has 20 heavy (non-hydrogen) atoms. The third-order valence-electron chi connectivity index (χ3n) is 4.21. The van der Waals surface area contributed by atoms with Crippen molar-refractivity contribution in [3.05, 3.63) is 34.5 Å². The zero-order valence-corrected chi connectivity index (χ0v) is 11.6. The number of nitrogens with zero attached hydrogens (tertiary/aromatic N) is 3. The van der Waals surface area contributed by atoms with E-state index < -0.39 is 0 Å². The molecule has 2 aliphatic heterocycles. The molecule has 2 aromatic rings. The first-order valence-corrected chi connectivity index (χ1v) is 7.10. The van der Waals surface area contributed by atoms with Crippen molar-refractivity contribution in [1.29, 1.82) is 0 Å². The van der Waals surface area contributed by atoms with E-state index in [2.05, 4.69) is 27.2 Å². The van der Waals surface area contributed by atoms with E-state index in [1.54, 1.807) is 0 Å². The number of H-pyrrole nitrogens is 1. The SMILES string of the molecule is CC1CN(Cc2noc3c2COCC3)Cc2cn[nH]c21. The van der Waals surface area contributed by atoms with Gasteiger partial charge in [0.25, 0.3) is 0 Å². The molecule has 1 atom stereocenters. The van der Waals surface area contributed by atoms with E-state index in [1.807, 2.05) is 6.20 Å². The fourth-order valence-corrected chi connectivity index (χ4v) is 3.20. The van der Waals surface area contributed by atoms with Gasteiger partial charge in [0, 0.05) is 48.8 Å². The second kappa shape index (κ2) is 4.71. The molecule has 106 valence electrons. The Morgan fingerprint density at radius 3 is 3.40 bits per heavy atom. The first-order valence-electron chi connectivity index (χ1n) is 7.10. The van der Waals surface area contributed by atoms with Crippen molar-refractivity contribution in [1.82, 2.24) is 20.3 Å². The van der Waals surface area contributed by atoms with Crippen molar-refractivity contribution < 1.29 is 9.26 Å². The highest BCUT2D eigenvalue weighted by atomic mass is 16.5. The van der Waals surface area contributed by atoms with Gasteiger partial charge in [0.1, 0.15) is 11.5 Å². The van der Waals surface area contributed by atoms with Crippen LogP contribution in [0.1, 0.15) is 41.1 Å². The van der Waals surface area contributed by atoms with Crippen LogP contribution < -0.4 is 0 Å². The van der Waals surface area contributed by atoms with Gasteiger partial charge in [-0.1, -0.05) is 12.1 Å². The summed E-state index contributed by atoms with van der Waals surface area (Å²) in [4.78, 5) is 2.40. The van der Waals surface area contributed by atoms with Crippen molar-refractivity contribution in [2.75, 3.05) is 13.2 Å². The van der Waals surface area contributed by atoms with Crippen LogP contribution in [0.15, 0.2) is 10.7 Å². The Morgan fingerprint density at radius 2 is 2.45 bits per heavy atom. The number of ether oxygens (including phenoxy) is 1. The molecule has 0 amide bonds. The lowest BCUT2D eigenvalue weighted by atomic mass is 9.98. The Kier molecular flexibility index (Phi) is 2.85. The van der Waals surface area contributed by atoms with Gasteiger partial charge >= 0.3 is 0 Å². The number of hydrogen-bond acceptors (Lipinski definition) is 5. The zero-order valence-electron chi connectivity index (χ0n) is 11.6. The van der Waals surface area contributed by atoms with Gasteiger partial charge in [0.2, 0.25) is 0 Å². The van der Waals surface area contributed by atoms with Gasteiger partial charge in [-0.25, -0.2) is 0 Å². The molecular weight excluding hydrogens is 256 g/mol. The lowest BCUT2D eigenvalue weighted by Gasteiger charge is -2.30. The molecule has 0 saturated carbocycles. The quantitative estimate of drug-likeness (QED) is 0.900. The number of aromatic nitrogens is 3. The fourth-order valence-electron chi connectivity index (χ4n) is 3.20. The minimum Gasteiger partial charge on any atom is -0.376 e. The van der Waals surface area contributed by atoms with Gasteiger partial charge in [-0.15, -0.1) is 0 Å². The smallest absolute Gasteiger partial charge is 0.144 e. The molecule has 1 unspecified atom stereocenters. The molecule has 0 spiro atoms. The van der Waals surface area contributed by atoms with Crippen LogP contribution in [-0.2, 0) is 30.9 Å². The van der Waals surface area contributed by atoms with Crippen molar-refractivity contribution in [2.24, 2.45) is 0 Å². The highest BCUT2D eigenvalue weighted by Crippen LogP contribution is 2.28. The van der Waals surface area contributed by atoms with Crippen LogP contribution >= 0.6 is 0 Å². The zero-order chi connectivity index (χ0) is 13.5. The molecule has 2 aromatic heterocycles. The Balaban J connectivity index is 1.54. The summed E-state index contributed by atoms with van der Waals surface area (Å²) in [7, 11) is 0. The average Bonchev–Trinajstić information content (AvgIpc) is 3.07. The summed E-state index contributed by atoms with van der Waals surface area (Å²) in [6.07, 6.45) is 2.77. The van der Waals surface area contributed by atoms with E-state index in [1.165, 1.54) is 11.3 Å². The molecule has 0 saturated heterocycles. The Bertz CT molecular complexity index is 618. The molecule has 1 N–H and O–H groups in total. The lowest BCUT2D eigenvalue weighted by Crippen LogP contribution is -2.32. The van der Waals surface area contributed by atoms with Crippen LogP contribution in [-0.4, -0.2) is 33.4 Å². The van der Waals surface area contributed by atoms with Gasteiger partial charge in [-0.2, -0.15) is 5.10 Å². The Morgan fingerprint density at radius 1 is 1.50 bits per heavy atom. The van der Waals surface area contributed by atoms with Gasteiger partial charge in [-0.3, -0.25) is 10.00 Å². The van der Waals surface area contributed by atoms with Gasteiger partial charge in [-0.05, 0) is 0 Å². The summed E-state index contributed by atoms with van der Waals surface area (Å²) >= 11 is 0. The van der Waals surface area contributed by atoms with E-state index in [-0.39, 0.29) is 0 Å². The van der Waals surface area contributed by atoms with E-state index >= 15 is 0 Å². The van der Waals surface area contributed by atoms with Crippen LogP contribution in [0, 0.1) is 0 Å². The maximum absolute atomic E-state index is 5.52. The van der Waals surface area contributed by atoms with Crippen molar-refractivity contribution in [2.45, 2.75) is 39.0 Å². The topological polar surface area (TPSA) is 67.2 Å². The summed E-state index contributed by atoms with van der Waals surface area (Å²) in [6.45, 7) is 6.34. The van der Waals surface area contributed by atoms with Crippen LogP contribution in [0.4, 0.5) is 0 Å². The summed E-state index contributed by atoms with van der Waals surface area (Å²) in [5, 5.41) is 11.5. The minimum atomic E-state index is 0.472. The number of aromatic amines is 1. The summed E-state index contributed by atoms with van der Waals surface area (Å²) in [6, 6.07) is 0. The summed E-state index contributed by atoms with van der Waals surface area (Å²) in [5.41, 5.74) is 4.74. The van der Waals surface area contributed by atoms with E-state index in [0.29, 0.717) is 12.5 Å². The predicted octanol–water partition coefficient (Wildman–Crippen LogP) is 1.59. The van der Waals surface area contributed by atoms with Gasteiger partial charge < -0.3 is 9.26 Å². The maximum Gasteiger partial charge on any atom is 0.144 e. The molecule has 0 aromatic carbocycles. The molecule has 4 rings (SSSR count). The molecule has 2 aliphatic rings. The van der Waals surface area contributed by atoms with Crippen molar-refractivity contribution in [3.8, 4) is 0 Å². The summed E-state index contributed by atoms with van der Waals surface area (Å²) < 4.78 is 11.0. The molecule has 0 aliphatic carbocycles. The molecular formula is C14H18N4O2. The minimum absolute atomic E-state index is 0.472. The molecule has 4 heterocycles. The standard InChI is InChI=1S/C14H18N4O2/c1-9-5-18(6-10-4-15-16-14(9)10)7-12-11-8-19-3-2-13(11)20-17-12/h4,9H,2-3,5-8H2,1H3,(H,15,16). The number of fused-ring (bicyclic) bond motifs is 2. The second-order valence-corrected chi connectivity index (χ2v) is 5.71. The number of nitrogens with one attached hydrogen (secondary N) is 1. The molecule has 6 nitrogen and oxygen atoms in total. The van der Waals surface area contributed by atoms with Crippen LogP contribution in [0.3, 0.4) is 0 Å². The van der Waals surface area contributed by atoms with Crippen LogP contribution in [0.2, 0.25) is 0 Å². The monoisotopic (exact) mass is 274 g/mol. The highest BCUT2D eigenvalue weighted by Gasteiger charge is 2.27. The fraction of sp³-hybridized carbons (Fsp3) is 0.571. The van der Waals surface area contributed by atoms with Crippen molar-refractivity contribution >= 4 is 0 Å². The third kappa shape index (κ3) is 1.96. The molecule has 0 fully saturated rings. The molecule has 0 radical (unpaired) electrons. The van der Waals surface area contributed by atoms with Gasteiger partial charge in [0.05, 0.1) is 19.4 Å². The van der Waals surface area contributed by atoms with E-state index in [9.17, 15) is 0 Å². The Hall–Kier alpha value is -1.66. The maximum atomic E-state index is 5.52. The van der Waals surface area contributed by atoms with Gasteiger partial charge in [0.15, 0.2) is 0 Å². The normalized spacial score (nSPS) is 22.6. The number of rotatable bonds is 2. The number of hydrogen-bond donors (Lipinski definition) is 1. The van der Waals surface area contributed by atoms with E-state index in [0.717, 1.165) is 49.7 Å². The molecule has 6 heteroatoms. The largest absolute Gasteiger partial charge is 0.376 e. The second-order valence-electron chi connectivity index (χ2n) is 5.71. The average molecular weight is 274 g/mol. The lowest BCUT2D eigenvalue weighted by molar-refractivity contribution is 0.102. The first kappa shape index (κ1) is 12.1. The van der Waals surface area contributed by atoms with E-state index in [4.69, 9.17) is 9.26 Å². The highest BCUT2D eigenvalue weighted by molar-refractivity contribution is 5.26. The molecule has 0 bridgehead atoms. The predicted molar refractivity (Wildman–Crippen MR) is 71.0 cm³/mol. The first-order chi connectivity index (χ1) is 9.81. The van der Waals surface area contributed by atoms with Crippen LogP contribution in [0.5, 0.6) is 0 Å². The third-order valence-corrected chi connectivity index (χ3v) is 4.21. The Labute approximate surface area is 117 Å². The van der Waals surface area contributed by atoms with Crippen molar-refractivity contribution in [3.63, 3.8) is 0 Å².